The molecule has 1 aromatic carbocycles. The molecule has 16 heavy (non-hydrogen) atoms. The molecule has 0 radical (unpaired) electrons. The zero-order chi connectivity index (χ0) is 12.3. The number of hydrazine groups is 1. The van der Waals surface area contributed by atoms with E-state index in [1.54, 1.807) is 0 Å². The standard InChI is InChI=1S/C12H19N3O/c1-8-4-5-10(9(2)6-8)7-11(13)12(16)15(3)14/h4-6,11H,7,13-14H2,1-3H3. The lowest BCUT2D eigenvalue weighted by Crippen LogP contribution is -2.46. The Bertz CT molecular complexity index is 388. The molecule has 0 heterocycles. The number of carbonyl (C=O) groups excluding carboxylic acids is 1. The fourth-order valence-electron chi connectivity index (χ4n) is 1.66. The van der Waals surface area contributed by atoms with E-state index in [4.69, 9.17) is 11.6 Å². The third kappa shape index (κ3) is 3.05. The van der Waals surface area contributed by atoms with Gasteiger partial charge in [-0.25, -0.2) is 5.84 Å². The van der Waals surface area contributed by atoms with Crippen molar-refractivity contribution in [3.05, 3.63) is 34.9 Å². The summed E-state index contributed by atoms with van der Waals surface area (Å²) in [5, 5.41) is 1.04. The van der Waals surface area contributed by atoms with Crippen molar-refractivity contribution in [3.63, 3.8) is 0 Å². The first-order valence-electron chi connectivity index (χ1n) is 5.25. The number of hydrogen-bond acceptors (Lipinski definition) is 3. The molecule has 0 aromatic heterocycles. The van der Waals surface area contributed by atoms with Gasteiger partial charge in [-0.1, -0.05) is 23.8 Å². The van der Waals surface area contributed by atoms with Gasteiger partial charge in [0, 0.05) is 7.05 Å². The molecule has 1 atom stereocenters. The van der Waals surface area contributed by atoms with Crippen molar-refractivity contribution in [1.82, 2.24) is 5.01 Å². The van der Waals surface area contributed by atoms with E-state index < -0.39 is 6.04 Å². The van der Waals surface area contributed by atoms with Crippen LogP contribution in [-0.2, 0) is 11.2 Å². The van der Waals surface area contributed by atoms with Crippen LogP contribution in [0.5, 0.6) is 0 Å². The highest BCUT2D eigenvalue weighted by atomic mass is 16.2. The zero-order valence-corrected chi connectivity index (χ0v) is 10.0. The number of carbonyl (C=O) groups is 1. The van der Waals surface area contributed by atoms with Gasteiger partial charge in [-0.3, -0.25) is 9.80 Å². The molecule has 0 aliphatic heterocycles. The lowest BCUT2D eigenvalue weighted by molar-refractivity contribution is -0.131. The summed E-state index contributed by atoms with van der Waals surface area (Å²) >= 11 is 0. The highest BCUT2D eigenvalue weighted by molar-refractivity contribution is 5.81. The first kappa shape index (κ1) is 12.7. The van der Waals surface area contributed by atoms with Crippen molar-refractivity contribution >= 4 is 5.91 Å². The van der Waals surface area contributed by atoms with E-state index in [0.29, 0.717) is 6.42 Å². The zero-order valence-electron chi connectivity index (χ0n) is 10.0. The highest BCUT2D eigenvalue weighted by Gasteiger charge is 2.17. The van der Waals surface area contributed by atoms with Crippen LogP contribution in [0, 0.1) is 13.8 Å². The molecular formula is C12H19N3O. The van der Waals surface area contributed by atoms with E-state index >= 15 is 0 Å². The summed E-state index contributed by atoms with van der Waals surface area (Å²) in [6, 6.07) is 5.54. The van der Waals surface area contributed by atoms with Crippen LogP contribution < -0.4 is 11.6 Å². The summed E-state index contributed by atoms with van der Waals surface area (Å²) in [5.41, 5.74) is 9.24. The number of amides is 1. The van der Waals surface area contributed by atoms with Gasteiger partial charge in [-0.2, -0.15) is 0 Å². The average Bonchev–Trinajstić information content (AvgIpc) is 2.20. The molecule has 0 spiro atoms. The molecule has 1 amide bonds. The Hall–Kier alpha value is -1.39. The Balaban J connectivity index is 2.77. The van der Waals surface area contributed by atoms with Crippen molar-refractivity contribution in [3.8, 4) is 0 Å². The maximum absolute atomic E-state index is 11.5. The molecule has 0 saturated heterocycles. The molecular weight excluding hydrogens is 202 g/mol. The lowest BCUT2D eigenvalue weighted by atomic mass is 9.99. The van der Waals surface area contributed by atoms with Gasteiger partial charge in [0.25, 0.3) is 5.91 Å². The van der Waals surface area contributed by atoms with Crippen LogP contribution in [0.1, 0.15) is 16.7 Å². The minimum Gasteiger partial charge on any atom is -0.320 e. The maximum Gasteiger partial charge on any atom is 0.253 e. The van der Waals surface area contributed by atoms with Gasteiger partial charge in [0.2, 0.25) is 0 Å². The second kappa shape index (κ2) is 5.09. The largest absolute Gasteiger partial charge is 0.320 e. The SMILES string of the molecule is Cc1ccc(CC(N)C(=O)N(C)N)c(C)c1. The normalized spacial score (nSPS) is 12.3. The number of hydrogen-bond donors (Lipinski definition) is 2. The van der Waals surface area contributed by atoms with E-state index in [9.17, 15) is 4.79 Å². The van der Waals surface area contributed by atoms with Crippen LogP contribution >= 0.6 is 0 Å². The topological polar surface area (TPSA) is 72.4 Å². The highest BCUT2D eigenvalue weighted by Crippen LogP contribution is 2.12. The van der Waals surface area contributed by atoms with Gasteiger partial charge < -0.3 is 5.73 Å². The summed E-state index contributed by atoms with van der Waals surface area (Å²) < 4.78 is 0. The Labute approximate surface area is 96.2 Å². The molecule has 0 bridgehead atoms. The van der Waals surface area contributed by atoms with Crippen LogP contribution in [0.25, 0.3) is 0 Å². The molecule has 0 fully saturated rings. The Morgan fingerprint density at radius 3 is 2.56 bits per heavy atom. The van der Waals surface area contributed by atoms with Gasteiger partial charge in [-0.15, -0.1) is 0 Å². The first-order valence-corrected chi connectivity index (χ1v) is 5.25. The second-order valence-electron chi connectivity index (χ2n) is 4.19. The molecule has 4 N–H and O–H groups in total. The number of nitrogens with two attached hydrogens (primary N) is 2. The minimum atomic E-state index is -0.573. The van der Waals surface area contributed by atoms with Crippen LogP contribution in [0.15, 0.2) is 18.2 Å². The van der Waals surface area contributed by atoms with Gasteiger partial charge in [0.15, 0.2) is 0 Å². The van der Waals surface area contributed by atoms with E-state index in [1.165, 1.54) is 12.6 Å². The minimum absolute atomic E-state index is 0.250. The number of rotatable bonds is 3. The molecule has 1 unspecified atom stereocenters. The fourth-order valence-corrected chi connectivity index (χ4v) is 1.66. The molecule has 1 rings (SSSR count). The van der Waals surface area contributed by atoms with Crippen molar-refractivity contribution < 1.29 is 4.79 Å². The van der Waals surface area contributed by atoms with Crippen molar-refractivity contribution in [2.24, 2.45) is 11.6 Å². The molecule has 4 nitrogen and oxygen atoms in total. The van der Waals surface area contributed by atoms with Crippen LogP contribution in [0.4, 0.5) is 0 Å². The second-order valence-corrected chi connectivity index (χ2v) is 4.19. The van der Waals surface area contributed by atoms with Crippen molar-refractivity contribution in [2.75, 3.05) is 7.05 Å². The summed E-state index contributed by atoms with van der Waals surface area (Å²) in [6.45, 7) is 4.06. The van der Waals surface area contributed by atoms with E-state index in [1.807, 2.05) is 26.0 Å². The van der Waals surface area contributed by atoms with Crippen LogP contribution in [0.3, 0.4) is 0 Å². The third-order valence-electron chi connectivity index (χ3n) is 2.60. The maximum atomic E-state index is 11.5. The average molecular weight is 221 g/mol. The molecule has 0 aliphatic rings. The van der Waals surface area contributed by atoms with Crippen molar-refractivity contribution in [1.29, 1.82) is 0 Å². The monoisotopic (exact) mass is 221 g/mol. The van der Waals surface area contributed by atoms with Crippen LogP contribution in [-0.4, -0.2) is 24.0 Å². The Morgan fingerprint density at radius 2 is 2.06 bits per heavy atom. The number of likely N-dealkylation sites (N-methyl/N-ethyl adjacent to an activating group) is 1. The Kier molecular flexibility index (Phi) is 4.04. The van der Waals surface area contributed by atoms with Crippen LogP contribution in [0.2, 0.25) is 0 Å². The van der Waals surface area contributed by atoms with Gasteiger partial charge in [-0.05, 0) is 31.4 Å². The summed E-state index contributed by atoms with van der Waals surface area (Å²) in [7, 11) is 1.50. The predicted molar refractivity (Wildman–Crippen MR) is 64.6 cm³/mol. The summed E-state index contributed by atoms with van der Waals surface area (Å²) in [5.74, 6) is 5.11. The van der Waals surface area contributed by atoms with Gasteiger partial charge in [0.1, 0.15) is 0 Å². The van der Waals surface area contributed by atoms with E-state index in [2.05, 4.69) is 6.07 Å². The van der Waals surface area contributed by atoms with E-state index in [-0.39, 0.29) is 5.91 Å². The smallest absolute Gasteiger partial charge is 0.253 e. The lowest BCUT2D eigenvalue weighted by Gasteiger charge is -2.17. The number of aryl methyl sites for hydroxylation is 2. The third-order valence-corrected chi connectivity index (χ3v) is 2.60. The van der Waals surface area contributed by atoms with E-state index in [0.717, 1.165) is 16.1 Å². The summed E-state index contributed by atoms with van der Waals surface area (Å²) in [4.78, 5) is 11.5. The fraction of sp³-hybridized carbons (Fsp3) is 0.417. The van der Waals surface area contributed by atoms with Crippen molar-refractivity contribution in [2.45, 2.75) is 26.3 Å². The summed E-state index contributed by atoms with van der Waals surface area (Å²) in [6.07, 6.45) is 0.520. The quantitative estimate of drug-likeness (QED) is 0.443. The number of benzene rings is 1. The van der Waals surface area contributed by atoms with Gasteiger partial charge >= 0.3 is 0 Å². The number of nitrogens with zero attached hydrogens (tertiary/aromatic N) is 1. The Morgan fingerprint density at radius 1 is 1.44 bits per heavy atom. The molecule has 0 aliphatic carbocycles. The first-order chi connectivity index (χ1) is 7.41. The molecule has 1 aromatic rings. The predicted octanol–water partition coefficient (Wildman–Crippen LogP) is 0.505. The molecule has 4 heteroatoms. The molecule has 88 valence electrons. The van der Waals surface area contributed by atoms with Gasteiger partial charge in [0.05, 0.1) is 6.04 Å². The molecule has 0 saturated carbocycles.